The molecule has 6 heteroatoms. The molecule has 0 aromatic heterocycles. The third-order valence-electron chi connectivity index (χ3n) is 5.12. The van der Waals surface area contributed by atoms with Crippen molar-refractivity contribution in [2.45, 2.75) is 20.3 Å². The molecule has 0 aliphatic carbocycles. The maximum Gasteiger partial charge on any atom is 0.277 e. The molecule has 2 amide bonds. The molecule has 2 heterocycles. The van der Waals surface area contributed by atoms with E-state index in [9.17, 15) is 9.59 Å². The molecule has 0 bridgehead atoms. The largest absolute Gasteiger partial charge is 0.493 e. The fraction of sp³-hybridized carbons (Fsp3) is 0.500. The van der Waals surface area contributed by atoms with Gasteiger partial charge < -0.3 is 14.4 Å². The lowest BCUT2D eigenvalue weighted by molar-refractivity contribution is -0.136. The van der Waals surface area contributed by atoms with E-state index in [1.54, 1.807) is 32.4 Å². The molecule has 140 valence electrons. The normalized spacial score (nSPS) is 23.7. The van der Waals surface area contributed by atoms with Crippen molar-refractivity contribution in [2.24, 2.45) is 11.8 Å². The van der Waals surface area contributed by atoms with Crippen molar-refractivity contribution in [3.05, 3.63) is 29.5 Å². The van der Waals surface area contributed by atoms with Crippen molar-refractivity contribution < 1.29 is 19.1 Å². The SMILES string of the molecule is COc1ccc(C2=C(N3CC(C)CC(C)C3)C(=O)N(C)C2=O)cc1OC. The number of benzene rings is 1. The van der Waals surface area contributed by atoms with Gasteiger partial charge in [-0.1, -0.05) is 19.9 Å². The molecule has 0 N–H and O–H groups in total. The summed E-state index contributed by atoms with van der Waals surface area (Å²) in [4.78, 5) is 29.0. The maximum atomic E-state index is 12.8. The Morgan fingerprint density at radius 3 is 2.15 bits per heavy atom. The zero-order valence-corrected chi connectivity index (χ0v) is 16.0. The molecule has 1 aromatic carbocycles. The number of nitrogens with zero attached hydrogens (tertiary/aromatic N) is 2. The van der Waals surface area contributed by atoms with E-state index in [2.05, 4.69) is 18.7 Å². The van der Waals surface area contributed by atoms with Crippen LogP contribution in [0.15, 0.2) is 23.9 Å². The van der Waals surface area contributed by atoms with E-state index in [1.165, 1.54) is 11.9 Å². The number of methoxy groups -OCH3 is 2. The van der Waals surface area contributed by atoms with Crippen LogP contribution in [0.25, 0.3) is 5.57 Å². The lowest BCUT2D eigenvalue weighted by Crippen LogP contribution is -2.41. The van der Waals surface area contributed by atoms with Crippen LogP contribution < -0.4 is 9.47 Å². The van der Waals surface area contributed by atoms with Gasteiger partial charge in [-0.15, -0.1) is 0 Å². The summed E-state index contributed by atoms with van der Waals surface area (Å²) in [5.74, 6) is 1.57. The second-order valence-corrected chi connectivity index (χ2v) is 7.31. The van der Waals surface area contributed by atoms with E-state index >= 15 is 0 Å². The molecule has 1 saturated heterocycles. The number of ether oxygens (including phenoxy) is 2. The molecule has 1 aromatic rings. The predicted octanol–water partition coefficient (Wildman–Crippen LogP) is 2.39. The van der Waals surface area contributed by atoms with E-state index in [0.717, 1.165) is 19.5 Å². The molecule has 3 rings (SSSR count). The number of hydrogen-bond donors (Lipinski definition) is 0. The van der Waals surface area contributed by atoms with Gasteiger partial charge in [0.25, 0.3) is 11.8 Å². The van der Waals surface area contributed by atoms with Gasteiger partial charge in [0.05, 0.1) is 19.8 Å². The predicted molar refractivity (Wildman–Crippen MR) is 98.8 cm³/mol. The Morgan fingerprint density at radius 2 is 1.58 bits per heavy atom. The van der Waals surface area contributed by atoms with Crippen LogP contribution in [0, 0.1) is 11.8 Å². The first kappa shape index (κ1) is 18.3. The maximum absolute atomic E-state index is 12.8. The lowest BCUT2D eigenvalue weighted by Gasteiger charge is -2.37. The van der Waals surface area contributed by atoms with Crippen LogP contribution in [-0.2, 0) is 9.59 Å². The van der Waals surface area contributed by atoms with E-state index in [-0.39, 0.29) is 11.8 Å². The Balaban J connectivity index is 2.12. The van der Waals surface area contributed by atoms with Crippen molar-refractivity contribution in [3.63, 3.8) is 0 Å². The highest BCUT2D eigenvalue weighted by atomic mass is 16.5. The molecular formula is C20H26N2O4. The number of piperidine rings is 1. The highest BCUT2D eigenvalue weighted by Crippen LogP contribution is 2.37. The molecule has 2 aliphatic rings. The van der Waals surface area contributed by atoms with Crippen LogP contribution in [0.2, 0.25) is 0 Å². The van der Waals surface area contributed by atoms with E-state index in [4.69, 9.17) is 9.47 Å². The van der Waals surface area contributed by atoms with Crippen molar-refractivity contribution in [1.29, 1.82) is 0 Å². The summed E-state index contributed by atoms with van der Waals surface area (Å²) in [7, 11) is 4.66. The van der Waals surface area contributed by atoms with Crippen LogP contribution in [0.5, 0.6) is 11.5 Å². The Labute approximate surface area is 154 Å². The number of likely N-dealkylation sites (N-methyl/N-ethyl adjacent to an activating group) is 1. The zero-order chi connectivity index (χ0) is 19.0. The molecule has 0 spiro atoms. The van der Waals surface area contributed by atoms with Crippen LogP contribution in [0.4, 0.5) is 0 Å². The second kappa shape index (κ2) is 7.02. The minimum atomic E-state index is -0.275. The van der Waals surface area contributed by atoms with Crippen molar-refractivity contribution in [1.82, 2.24) is 9.80 Å². The Hall–Kier alpha value is -2.50. The average Bonchev–Trinajstić information content (AvgIpc) is 2.84. The van der Waals surface area contributed by atoms with E-state index in [1.807, 2.05) is 0 Å². The zero-order valence-electron chi connectivity index (χ0n) is 16.0. The first-order valence-corrected chi connectivity index (χ1v) is 8.91. The van der Waals surface area contributed by atoms with Gasteiger partial charge in [0.1, 0.15) is 5.70 Å². The number of likely N-dealkylation sites (tertiary alicyclic amines) is 1. The molecule has 2 aliphatic heterocycles. The molecule has 26 heavy (non-hydrogen) atoms. The van der Waals surface area contributed by atoms with Gasteiger partial charge >= 0.3 is 0 Å². The number of carbonyl (C=O) groups is 2. The van der Waals surface area contributed by atoms with Crippen molar-refractivity contribution in [2.75, 3.05) is 34.4 Å². The van der Waals surface area contributed by atoms with Crippen LogP contribution in [0.3, 0.4) is 0 Å². The van der Waals surface area contributed by atoms with Crippen molar-refractivity contribution >= 4 is 17.4 Å². The summed E-state index contributed by atoms with van der Waals surface area (Å²) in [6.07, 6.45) is 1.13. The van der Waals surface area contributed by atoms with Gasteiger partial charge in [0, 0.05) is 20.1 Å². The van der Waals surface area contributed by atoms with Gasteiger partial charge in [0.15, 0.2) is 11.5 Å². The van der Waals surface area contributed by atoms with Gasteiger partial charge in [-0.05, 0) is 36.0 Å². The summed E-state index contributed by atoms with van der Waals surface area (Å²) in [6.45, 7) is 5.93. The van der Waals surface area contributed by atoms with E-state index in [0.29, 0.717) is 40.2 Å². The topological polar surface area (TPSA) is 59.1 Å². The summed E-state index contributed by atoms with van der Waals surface area (Å²) < 4.78 is 10.6. The van der Waals surface area contributed by atoms with Crippen LogP contribution >= 0.6 is 0 Å². The molecule has 0 saturated carbocycles. The highest BCUT2D eigenvalue weighted by Gasteiger charge is 2.41. The highest BCUT2D eigenvalue weighted by molar-refractivity contribution is 6.35. The summed E-state index contributed by atoms with van der Waals surface area (Å²) in [6, 6.07) is 5.32. The third kappa shape index (κ3) is 3.04. The molecule has 0 radical (unpaired) electrons. The first-order valence-electron chi connectivity index (χ1n) is 8.91. The lowest BCUT2D eigenvalue weighted by atomic mass is 9.91. The molecule has 1 fully saturated rings. The van der Waals surface area contributed by atoms with Gasteiger partial charge in [-0.25, -0.2) is 0 Å². The third-order valence-corrected chi connectivity index (χ3v) is 5.12. The quantitative estimate of drug-likeness (QED) is 0.774. The smallest absolute Gasteiger partial charge is 0.277 e. The summed E-state index contributed by atoms with van der Waals surface area (Å²) >= 11 is 0. The molecule has 2 unspecified atom stereocenters. The van der Waals surface area contributed by atoms with Crippen LogP contribution in [0.1, 0.15) is 25.8 Å². The average molecular weight is 358 g/mol. The monoisotopic (exact) mass is 358 g/mol. The standard InChI is InChI=1S/C20H26N2O4/c1-12-8-13(2)11-22(10-12)18-17(19(23)21(3)20(18)24)14-6-7-15(25-4)16(9-14)26-5/h6-7,9,12-13H,8,10-11H2,1-5H3. The van der Waals surface area contributed by atoms with Gasteiger partial charge in [0.2, 0.25) is 0 Å². The summed E-state index contributed by atoms with van der Waals surface area (Å²) in [5.41, 5.74) is 1.62. The second-order valence-electron chi connectivity index (χ2n) is 7.31. The van der Waals surface area contributed by atoms with Crippen molar-refractivity contribution in [3.8, 4) is 11.5 Å². The Morgan fingerprint density at radius 1 is 0.962 bits per heavy atom. The Bertz CT molecular complexity index is 761. The number of hydrogen-bond acceptors (Lipinski definition) is 5. The molecular weight excluding hydrogens is 332 g/mol. The van der Waals surface area contributed by atoms with Gasteiger partial charge in [-0.2, -0.15) is 0 Å². The van der Waals surface area contributed by atoms with Crippen LogP contribution in [-0.4, -0.2) is 56.0 Å². The number of rotatable bonds is 4. The Kier molecular flexibility index (Phi) is 4.94. The fourth-order valence-corrected chi connectivity index (χ4v) is 4.02. The van der Waals surface area contributed by atoms with Gasteiger partial charge in [-0.3, -0.25) is 14.5 Å². The number of imide groups is 1. The number of amides is 2. The molecule has 6 nitrogen and oxygen atoms in total. The molecule has 2 atom stereocenters. The van der Waals surface area contributed by atoms with E-state index < -0.39 is 0 Å². The summed E-state index contributed by atoms with van der Waals surface area (Å²) in [5, 5.41) is 0. The fourth-order valence-electron chi connectivity index (χ4n) is 4.02. The first-order chi connectivity index (χ1) is 12.4. The minimum Gasteiger partial charge on any atom is -0.493 e. The minimum absolute atomic E-state index is 0.235. The number of carbonyl (C=O) groups excluding carboxylic acids is 2.